The molecule has 1 radical (unpaired) electrons. The standard InChI is InChI=1S/C22H17N2.C5H8O3.Ir/c1-13-10-14-8-9-23-21-16-12-24-18-7-5-4-6-15(18)20(16)22(2,3)17(11-13)19(14)21;1-3(6)5(8)4(2)7;/h4-11H,1-3H3;6,8H,1-2H3;/q-1;;/b;5-3+;. The number of ketones is 1. The number of allylic oxidation sites excluding steroid dienone is 2. The van der Waals surface area contributed by atoms with Gasteiger partial charge in [0.2, 0.25) is 0 Å². The minimum absolute atomic E-state index is 0. The minimum Gasteiger partial charge on any atom is -0.509 e. The molecule has 0 fully saturated rings. The fraction of sp³-hybridized carbons (Fsp3) is 0.222. The number of Topliss-reactive ketones (excluding diaryl/α,β-unsaturated/α-hetero) is 1. The molecule has 0 spiro atoms. The van der Waals surface area contributed by atoms with E-state index in [0.29, 0.717) is 0 Å². The topological polar surface area (TPSA) is 83.3 Å². The predicted octanol–water partition coefficient (Wildman–Crippen LogP) is 6.12. The molecule has 5 rings (SSSR count). The van der Waals surface area contributed by atoms with Crippen molar-refractivity contribution >= 4 is 27.5 Å². The van der Waals surface area contributed by atoms with Crippen LogP contribution in [0.5, 0.6) is 0 Å². The van der Waals surface area contributed by atoms with Crippen molar-refractivity contribution in [1.82, 2.24) is 9.97 Å². The van der Waals surface area contributed by atoms with E-state index in [2.05, 4.69) is 68.4 Å². The van der Waals surface area contributed by atoms with Gasteiger partial charge in [-0.3, -0.25) is 4.79 Å². The van der Waals surface area contributed by atoms with Crippen LogP contribution in [-0.2, 0) is 30.3 Å². The Hall–Kier alpha value is -3.08. The van der Waals surface area contributed by atoms with Gasteiger partial charge in [0.25, 0.3) is 0 Å². The zero-order valence-electron chi connectivity index (χ0n) is 19.1. The van der Waals surface area contributed by atoms with Crippen molar-refractivity contribution in [1.29, 1.82) is 0 Å². The van der Waals surface area contributed by atoms with Crippen LogP contribution in [-0.4, -0.2) is 26.0 Å². The molecule has 1 aliphatic carbocycles. The van der Waals surface area contributed by atoms with Gasteiger partial charge in [0.1, 0.15) is 5.76 Å². The Morgan fingerprint density at radius 1 is 1.06 bits per heavy atom. The molecule has 0 aliphatic heterocycles. The largest absolute Gasteiger partial charge is 0.509 e. The molecular formula is C27H25IrN2O3-. The number of fused-ring (bicyclic) bond motifs is 4. The first-order valence-electron chi connectivity index (χ1n) is 10.4. The van der Waals surface area contributed by atoms with Crippen molar-refractivity contribution in [2.24, 2.45) is 0 Å². The first-order valence-corrected chi connectivity index (χ1v) is 10.4. The predicted molar refractivity (Wildman–Crippen MR) is 127 cm³/mol. The van der Waals surface area contributed by atoms with E-state index in [1.807, 2.05) is 12.3 Å². The average molecular weight is 618 g/mol. The van der Waals surface area contributed by atoms with Crippen LogP contribution in [0.25, 0.3) is 32.9 Å². The molecule has 2 aromatic carbocycles. The number of aryl methyl sites for hydroxylation is 1. The average Bonchev–Trinajstić information content (AvgIpc) is 2.76. The Labute approximate surface area is 206 Å². The first kappa shape index (κ1) is 24.6. The zero-order valence-corrected chi connectivity index (χ0v) is 21.5. The van der Waals surface area contributed by atoms with Crippen LogP contribution in [0.3, 0.4) is 0 Å². The first-order chi connectivity index (χ1) is 15.1. The Balaban J connectivity index is 0.000000297. The van der Waals surface area contributed by atoms with Crippen LogP contribution in [0.2, 0.25) is 0 Å². The number of aliphatic hydroxyl groups is 2. The molecule has 0 unspecified atom stereocenters. The van der Waals surface area contributed by atoms with Gasteiger partial charge in [-0.05, 0) is 59.1 Å². The number of aliphatic hydroxyl groups excluding tert-OH is 2. The normalized spacial score (nSPS) is 13.8. The summed E-state index contributed by atoms with van der Waals surface area (Å²) in [5.74, 6) is -1.42. The van der Waals surface area contributed by atoms with Crippen molar-refractivity contribution < 1.29 is 35.1 Å². The molecule has 0 saturated carbocycles. The maximum Gasteiger partial charge on any atom is 0.197 e. The minimum atomic E-state index is -0.565. The molecule has 0 amide bonds. The van der Waals surface area contributed by atoms with Gasteiger partial charge in [0, 0.05) is 33.2 Å². The number of aromatic nitrogens is 2. The van der Waals surface area contributed by atoms with E-state index in [0.717, 1.165) is 16.8 Å². The summed E-state index contributed by atoms with van der Waals surface area (Å²) < 4.78 is 0. The van der Waals surface area contributed by atoms with Gasteiger partial charge in [-0.15, -0.1) is 11.1 Å². The Bertz CT molecular complexity index is 1420. The molecular weight excluding hydrogens is 593 g/mol. The van der Waals surface area contributed by atoms with E-state index >= 15 is 0 Å². The van der Waals surface area contributed by atoms with Crippen molar-refractivity contribution in [3.05, 3.63) is 83.1 Å². The Kier molecular flexibility index (Phi) is 6.73. The molecule has 171 valence electrons. The van der Waals surface area contributed by atoms with Gasteiger partial charge >= 0.3 is 0 Å². The van der Waals surface area contributed by atoms with E-state index in [4.69, 9.17) is 15.2 Å². The summed E-state index contributed by atoms with van der Waals surface area (Å²) in [5.41, 5.74) is 6.84. The fourth-order valence-corrected chi connectivity index (χ4v) is 4.45. The smallest absolute Gasteiger partial charge is 0.197 e. The maximum absolute atomic E-state index is 10.1. The van der Waals surface area contributed by atoms with Crippen LogP contribution in [0.4, 0.5) is 0 Å². The monoisotopic (exact) mass is 618 g/mol. The number of para-hydroxylation sites is 1. The Morgan fingerprint density at radius 2 is 1.76 bits per heavy atom. The molecule has 2 heterocycles. The summed E-state index contributed by atoms with van der Waals surface area (Å²) >= 11 is 0. The molecule has 33 heavy (non-hydrogen) atoms. The molecule has 1 aliphatic rings. The molecule has 5 nitrogen and oxygen atoms in total. The van der Waals surface area contributed by atoms with Gasteiger partial charge < -0.3 is 20.2 Å². The van der Waals surface area contributed by atoms with Crippen molar-refractivity contribution in [3.8, 4) is 11.3 Å². The van der Waals surface area contributed by atoms with Crippen LogP contribution in [0.15, 0.2) is 60.2 Å². The summed E-state index contributed by atoms with van der Waals surface area (Å²) in [5, 5.41) is 20.6. The quantitative estimate of drug-likeness (QED) is 0.153. The van der Waals surface area contributed by atoms with E-state index in [1.54, 1.807) is 0 Å². The molecule has 6 heteroatoms. The second kappa shape index (κ2) is 9.05. The second-order valence-electron chi connectivity index (χ2n) is 8.68. The van der Waals surface area contributed by atoms with Crippen LogP contribution < -0.4 is 0 Å². The SMILES string of the molecule is CC(=O)/C(O)=C(/C)O.Cc1cc2c3c(nccc3c1)-c1[c-]nc3ccccc3c1C2(C)C.[Ir]. The number of pyridine rings is 2. The molecule has 0 bridgehead atoms. The van der Waals surface area contributed by atoms with Gasteiger partial charge in [0.15, 0.2) is 11.5 Å². The van der Waals surface area contributed by atoms with Crippen LogP contribution >= 0.6 is 0 Å². The van der Waals surface area contributed by atoms with Crippen LogP contribution in [0, 0.1) is 13.1 Å². The van der Waals surface area contributed by atoms with Gasteiger partial charge in [0.05, 0.1) is 0 Å². The number of hydrogen-bond acceptors (Lipinski definition) is 5. The van der Waals surface area contributed by atoms with Crippen molar-refractivity contribution in [2.75, 3.05) is 0 Å². The summed E-state index contributed by atoms with van der Waals surface area (Å²) in [6.07, 6.45) is 5.19. The Morgan fingerprint density at radius 3 is 2.39 bits per heavy atom. The molecule has 2 N–H and O–H groups in total. The van der Waals surface area contributed by atoms with Gasteiger partial charge in [-0.25, -0.2) is 0 Å². The molecule has 0 saturated heterocycles. The summed E-state index contributed by atoms with van der Waals surface area (Å²) in [7, 11) is 0. The molecule has 4 aromatic rings. The number of nitrogens with zero attached hydrogens (tertiary/aromatic N) is 2. The third-order valence-corrected chi connectivity index (χ3v) is 5.93. The van der Waals surface area contributed by atoms with Crippen LogP contribution in [0.1, 0.15) is 44.4 Å². The zero-order chi connectivity index (χ0) is 23.2. The molecule has 0 atom stereocenters. The van der Waals surface area contributed by atoms with E-state index in [9.17, 15) is 4.79 Å². The van der Waals surface area contributed by atoms with E-state index in [1.165, 1.54) is 46.7 Å². The summed E-state index contributed by atoms with van der Waals surface area (Å²) in [6.45, 7) is 9.19. The third-order valence-electron chi connectivity index (χ3n) is 5.93. The van der Waals surface area contributed by atoms with Crippen molar-refractivity contribution in [3.63, 3.8) is 0 Å². The number of rotatable bonds is 1. The number of hydrogen-bond donors (Lipinski definition) is 2. The fourth-order valence-electron chi connectivity index (χ4n) is 4.45. The summed E-state index contributed by atoms with van der Waals surface area (Å²) in [4.78, 5) is 19.4. The summed E-state index contributed by atoms with van der Waals surface area (Å²) in [6, 6.07) is 15.0. The second-order valence-corrected chi connectivity index (χ2v) is 8.68. The van der Waals surface area contributed by atoms with Gasteiger partial charge in [-0.2, -0.15) is 0 Å². The van der Waals surface area contributed by atoms with E-state index in [-0.39, 0.29) is 31.3 Å². The van der Waals surface area contributed by atoms with Crippen molar-refractivity contribution in [2.45, 2.75) is 40.0 Å². The number of benzene rings is 2. The number of carbonyl (C=O) groups is 1. The van der Waals surface area contributed by atoms with Gasteiger partial charge in [-0.1, -0.05) is 61.2 Å². The maximum atomic E-state index is 10.1. The molecule has 2 aromatic heterocycles. The number of carbonyl (C=O) groups excluding carboxylic acids is 1. The third kappa shape index (κ3) is 4.17. The van der Waals surface area contributed by atoms with E-state index < -0.39 is 11.5 Å².